The van der Waals surface area contributed by atoms with E-state index in [4.69, 9.17) is 9.47 Å². The molecular weight excluding hydrogens is 455 g/mol. The van der Waals surface area contributed by atoms with Crippen molar-refractivity contribution in [3.63, 3.8) is 0 Å². The van der Waals surface area contributed by atoms with E-state index in [0.717, 1.165) is 24.8 Å². The highest BCUT2D eigenvalue weighted by Gasteiger charge is 2.33. The zero-order valence-electron chi connectivity index (χ0n) is 19.8. The Balaban J connectivity index is 1.70. The molecule has 8 heteroatoms. The maximum Gasteiger partial charge on any atom is 0.237 e. The Hall–Kier alpha value is -2.26. The van der Waals surface area contributed by atoms with E-state index >= 15 is 0 Å². The number of thiophene rings is 1. The summed E-state index contributed by atoms with van der Waals surface area (Å²) in [6.45, 7) is 6.47. The maximum absolute atomic E-state index is 13.6. The third-order valence-electron chi connectivity index (χ3n) is 5.97. The number of hydrogen-bond donors (Lipinski definition) is 1. The van der Waals surface area contributed by atoms with Gasteiger partial charge >= 0.3 is 0 Å². The van der Waals surface area contributed by atoms with E-state index in [1.54, 1.807) is 36.7 Å². The van der Waals surface area contributed by atoms with E-state index in [-0.39, 0.29) is 30.9 Å². The fraction of sp³-hybridized carbons (Fsp3) is 0.500. The molecule has 2 aromatic rings. The second-order valence-electron chi connectivity index (χ2n) is 8.52. The average Bonchev–Trinajstić information content (AvgIpc) is 3.30. The van der Waals surface area contributed by atoms with Gasteiger partial charge in [0.1, 0.15) is 18.2 Å². The molecule has 1 N–H and O–H groups in total. The van der Waals surface area contributed by atoms with Crippen molar-refractivity contribution < 1.29 is 23.8 Å². The molecule has 2 unspecified atom stereocenters. The first kappa shape index (κ1) is 26.3. The van der Waals surface area contributed by atoms with Crippen LogP contribution in [0.15, 0.2) is 48.4 Å². The van der Waals surface area contributed by atoms with Crippen molar-refractivity contribution in [2.24, 2.45) is 0 Å². The molecule has 0 aliphatic carbocycles. The van der Waals surface area contributed by atoms with Gasteiger partial charge in [0.15, 0.2) is 0 Å². The van der Waals surface area contributed by atoms with Gasteiger partial charge < -0.3 is 19.5 Å². The van der Waals surface area contributed by atoms with Crippen LogP contribution in [0.25, 0.3) is 0 Å². The van der Waals surface area contributed by atoms with Crippen LogP contribution in [0.4, 0.5) is 4.39 Å². The fourth-order valence-electron chi connectivity index (χ4n) is 4.26. The third kappa shape index (κ3) is 7.63. The first-order chi connectivity index (χ1) is 16.5. The first-order valence-corrected chi connectivity index (χ1v) is 12.6. The number of carbonyl (C=O) groups is 1. The first-order valence-electron chi connectivity index (χ1n) is 11.8. The summed E-state index contributed by atoms with van der Waals surface area (Å²) >= 11 is 1.69. The van der Waals surface area contributed by atoms with Gasteiger partial charge in [-0.15, -0.1) is 17.9 Å². The lowest BCUT2D eigenvalue weighted by molar-refractivity contribution is -0.136. The summed E-state index contributed by atoms with van der Waals surface area (Å²) < 4.78 is 24.7. The number of benzene rings is 1. The van der Waals surface area contributed by atoms with Gasteiger partial charge in [-0.2, -0.15) is 0 Å². The van der Waals surface area contributed by atoms with Gasteiger partial charge in [0.25, 0.3) is 0 Å². The lowest BCUT2D eigenvalue weighted by Crippen LogP contribution is -2.48. The standard InChI is InChI=1S/C26H35FN2O4S/c1-3-4-8-21(30)17-28(12-6-14-32-2)18-26(31)29-13-10-25-23(11-15-34-25)24(29)19-33-22-9-5-7-20(27)16-22/h3,5,7,9,11,15-16,21,24,30H,1,4,6,8,10,12-14,17-19H2,2H3. The topological polar surface area (TPSA) is 62.2 Å². The summed E-state index contributed by atoms with van der Waals surface area (Å²) in [5, 5.41) is 12.5. The Kier molecular flexibility index (Phi) is 10.5. The molecule has 0 spiro atoms. The summed E-state index contributed by atoms with van der Waals surface area (Å²) in [5.41, 5.74) is 1.10. The molecule has 0 fully saturated rings. The van der Waals surface area contributed by atoms with Crippen LogP contribution >= 0.6 is 11.3 Å². The van der Waals surface area contributed by atoms with Gasteiger partial charge in [0, 0.05) is 44.3 Å². The van der Waals surface area contributed by atoms with Crippen molar-refractivity contribution in [2.75, 3.05) is 46.5 Å². The maximum atomic E-state index is 13.6. The summed E-state index contributed by atoms with van der Waals surface area (Å²) in [5.74, 6) is 0.0892. The van der Waals surface area contributed by atoms with Crippen LogP contribution in [-0.4, -0.2) is 73.4 Å². The van der Waals surface area contributed by atoms with E-state index in [9.17, 15) is 14.3 Å². The minimum atomic E-state index is -0.523. The molecule has 2 atom stereocenters. The number of amides is 1. The number of aliphatic hydroxyl groups is 1. The minimum absolute atomic E-state index is 0.00182. The molecule has 1 aromatic carbocycles. The molecule has 6 nitrogen and oxygen atoms in total. The molecule has 186 valence electrons. The number of fused-ring (bicyclic) bond motifs is 1. The van der Waals surface area contributed by atoms with E-state index in [1.165, 1.54) is 17.0 Å². The third-order valence-corrected chi connectivity index (χ3v) is 6.97. The molecule has 0 bridgehead atoms. The van der Waals surface area contributed by atoms with Crippen LogP contribution in [0.1, 0.15) is 35.7 Å². The predicted octanol–water partition coefficient (Wildman–Crippen LogP) is 4.06. The Morgan fingerprint density at radius 2 is 2.29 bits per heavy atom. The fourth-order valence-corrected chi connectivity index (χ4v) is 5.18. The van der Waals surface area contributed by atoms with Crippen LogP contribution in [0, 0.1) is 5.82 Å². The van der Waals surface area contributed by atoms with Gasteiger partial charge in [-0.05, 0) is 54.8 Å². The SMILES string of the molecule is C=CCCC(O)CN(CCCOC)CC(=O)N1CCc2sccc2C1COc1cccc(F)c1. The van der Waals surface area contributed by atoms with E-state index < -0.39 is 6.10 Å². The second kappa shape index (κ2) is 13.6. The number of ether oxygens (including phenoxy) is 2. The van der Waals surface area contributed by atoms with E-state index in [0.29, 0.717) is 38.4 Å². The van der Waals surface area contributed by atoms with Crippen LogP contribution in [0.2, 0.25) is 0 Å². The number of carbonyl (C=O) groups excluding carboxylic acids is 1. The van der Waals surface area contributed by atoms with E-state index in [2.05, 4.69) is 12.6 Å². The molecular formula is C26H35FN2O4S. The number of halogens is 1. The van der Waals surface area contributed by atoms with Crippen molar-refractivity contribution in [1.82, 2.24) is 9.80 Å². The summed E-state index contributed by atoms with van der Waals surface area (Å²) in [4.78, 5) is 18.6. The van der Waals surface area contributed by atoms with Crippen LogP contribution in [0.5, 0.6) is 5.75 Å². The lowest BCUT2D eigenvalue weighted by Gasteiger charge is -2.37. The predicted molar refractivity (Wildman–Crippen MR) is 133 cm³/mol. The van der Waals surface area contributed by atoms with Gasteiger partial charge in [0.2, 0.25) is 5.91 Å². The zero-order valence-corrected chi connectivity index (χ0v) is 20.6. The minimum Gasteiger partial charge on any atom is -0.491 e. The molecule has 1 aromatic heterocycles. The van der Waals surface area contributed by atoms with E-state index in [1.807, 2.05) is 15.2 Å². The highest BCUT2D eigenvalue weighted by atomic mass is 32.1. The number of aliphatic hydroxyl groups excluding tert-OH is 1. The van der Waals surface area contributed by atoms with Gasteiger partial charge in [-0.25, -0.2) is 4.39 Å². The summed E-state index contributed by atoms with van der Waals surface area (Å²) in [7, 11) is 1.66. The number of methoxy groups -OCH3 is 1. The summed E-state index contributed by atoms with van der Waals surface area (Å²) in [6, 6.07) is 7.87. The Morgan fingerprint density at radius 3 is 3.06 bits per heavy atom. The van der Waals surface area contributed by atoms with Crippen LogP contribution < -0.4 is 4.74 Å². The van der Waals surface area contributed by atoms with Gasteiger partial charge in [-0.3, -0.25) is 9.69 Å². The molecule has 1 amide bonds. The molecule has 1 aliphatic rings. The van der Waals surface area contributed by atoms with Gasteiger partial charge in [-0.1, -0.05) is 12.1 Å². The molecule has 3 rings (SSSR count). The molecule has 34 heavy (non-hydrogen) atoms. The highest BCUT2D eigenvalue weighted by molar-refractivity contribution is 7.10. The second-order valence-corrected chi connectivity index (χ2v) is 9.52. The Labute approximate surface area is 205 Å². The number of nitrogens with zero attached hydrogens (tertiary/aromatic N) is 2. The lowest BCUT2D eigenvalue weighted by atomic mass is 10.0. The van der Waals surface area contributed by atoms with Crippen molar-refractivity contribution in [3.05, 3.63) is 64.6 Å². The molecule has 1 aliphatic heterocycles. The van der Waals surface area contributed by atoms with Gasteiger partial charge in [0.05, 0.1) is 18.7 Å². The quantitative estimate of drug-likeness (QED) is 0.320. The summed E-state index contributed by atoms with van der Waals surface area (Å²) in [6.07, 6.45) is 4.20. The van der Waals surface area contributed by atoms with Crippen LogP contribution in [-0.2, 0) is 16.0 Å². The normalized spacial score (nSPS) is 16.4. The number of allylic oxidation sites excluding steroid dienone is 1. The molecule has 0 saturated carbocycles. The number of rotatable bonds is 14. The molecule has 2 heterocycles. The zero-order chi connectivity index (χ0) is 24.3. The Morgan fingerprint density at radius 1 is 1.44 bits per heavy atom. The highest BCUT2D eigenvalue weighted by Crippen LogP contribution is 2.34. The largest absolute Gasteiger partial charge is 0.491 e. The monoisotopic (exact) mass is 490 g/mol. The van der Waals surface area contributed by atoms with Crippen molar-refractivity contribution in [3.8, 4) is 5.75 Å². The number of hydrogen-bond acceptors (Lipinski definition) is 6. The Bertz CT molecular complexity index is 922. The van der Waals surface area contributed by atoms with Crippen LogP contribution in [0.3, 0.4) is 0 Å². The van der Waals surface area contributed by atoms with Crippen molar-refractivity contribution >= 4 is 17.2 Å². The average molecular weight is 491 g/mol. The van der Waals surface area contributed by atoms with Crippen molar-refractivity contribution in [1.29, 1.82) is 0 Å². The smallest absolute Gasteiger partial charge is 0.237 e. The molecule has 0 saturated heterocycles. The van der Waals surface area contributed by atoms with Crippen molar-refractivity contribution in [2.45, 2.75) is 37.8 Å². The molecule has 0 radical (unpaired) electrons.